The Morgan fingerprint density at radius 1 is 1.06 bits per heavy atom. The minimum Gasteiger partial charge on any atom is -0.493 e. The van der Waals surface area contributed by atoms with Gasteiger partial charge in [0.1, 0.15) is 5.75 Å². The fourth-order valence-electron chi connectivity index (χ4n) is 3.51. The van der Waals surface area contributed by atoms with Crippen molar-refractivity contribution in [1.29, 1.82) is 0 Å². The van der Waals surface area contributed by atoms with Crippen LogP contribution in [0.1, 0.15) is 59.7 Å². The summed E-state index contributed by atoms with van der Waals surface area (Å²) >= 11 is 8.64. The minimum atomic E-state index is -0.370. The van der Waals surface area contributed by atoms with Crippen LogP contribution in [0, 0.1) is 0 Å². The number of nitrogens with one attached hydrogen (secondary N) is 3. The van der Waals surface area contributed by atoms with Crippen LogP contribution in [0.4, 0.5) is 5.69 Å². The molecule has 0 aliphatic heterocycles. The van der Waals surface area contributed by atoms with Crippen molar-refractivity contribution in [3.05, 3.63) is 58.1 Å². The number of ether oxygens (including phenoxy) is 1. The number of carbonyl (C=O) groups is 2. The maximum atomic E-state index is 12.6. The monoisotopic (exact) mass is 503 g/mol. The summed E-state index contributed by atoms with van der Waals surface area (Å²) in [4.78, 5) is 25.1. The molecule has 2 amide bonds. The van der Waals surface area contributed by atoms with Crippen molar-refractivity contribution in [3.63, 3.8) is 0 Å². The Morgan fingerprint density at radius 3 is 2.45 bits per heavy atom. The van der Waals surface area contributed by atoms with E-state index in [1.165, 1.54) is 19.3 Å². The van der Waals surface area contributed by atoms with E-state index in [0.29, 0.717) is 29.2 Å². The molecule has 1 aliphatic rings. The molecule has 0 spiro atoms. The van der Waals surface area contributed by atoms with Crippen LogP contribution in [-0.4, -0.2) is 29.6 Å². The van der Waals surface area contributed by atoms with Crippen molar-refractivity contribution in [1.82, 2.24) is 10.6 Å². The van der Waals surface area contributed by atoms with Crippen molar-refractivity contribution in [2.24, 2.45) is 0 Å². The van der Waals surface area contributed by atoms with Crippen LogP contribution in [0.3, 0.4) is 0 Å². The third kappa shape index (κ3) is 6.77. The van der Waals surface area contributed by atoms with E-state index in [2.05, 4.69) is 31.9 Å². The predicted molar refractivity (Wildman–Crippen MR) is 130 cm³/mol. The molecule has 2 aromatic carbocycles. The van der Waals surface area contributed by atoms with Crippen LogP contribution in [-0.2, 0) is 0 Å². The SMILES string of the molecule is CCOc1ccc(Br)cc1C(=O)NC(=S)Nc1ccc(C(=O)NC2CCCCC2)cc1. The molecule has 164 valence electrons. The lowest BCUT2D eigenvalue weighted by Gasteiger charge is -2.22. The zero-order valence-corrected chi connectivity index (χ0v) is 19.8. The van der Waals surface area contributed by atoms with Crippen LogP contribution in [0.2, 0.25) is 0 Å². The Bertz CT molecular complexity index is 944. The van der Waals surface area contributed by atoms with E-state index in [9.17, 15) is 9.59 Å². The number of amides is 2. The highest BCUT2D eigenvalue weighted by Crippen LogP contribution is 2.23. The number of rotatable bonds is 6. The topological polar surface area (TPSA) is 79.5 Å². The normalized spacial score (nSPS) is 13.9. The van der Waals surface area contributed by atoms with Gasteiger partial charge in [-0.05, 0) is 74.4 Å². The summed E-state index contributed by atoms with van der Waals surface area (Å²) in [7, 11) is 0. The average Bonchev–Trinajstić information content (AvgIpc) is 2.76. The molecular formula is C23H26BrN3O3S. The molecule has 3 N–H and O–H groups in total. The van der Waals surface area contributed by atoms with Gasteiger partial charge in [-0.3, -0.25) is 14.9 Å². The Morgan fingerprint density at radius 2 is 1.77 bits per heavy atom. The minimum absolute atomic E-state index is 0.0626. The van der Waals surface area contributed by atoms with Crippen molar-refractivity contribution < 1.29 is 14.3 Å². The largest absolute Gasteiger partial charge is 0.493 e. The lowest BCUT2D eigenvalue weighted by atomic mass is 9.95. The van der Waals surface area contributed by atoms with Gasteiger partial charge < -0.3 is 15.4 Å². The van der Waals surface area contributed by atoms with Crippen molar-refractivity contribution >= 4 is 50.8 Å². The highest BCUT2D eigenvalue weighted by atomic mass is 79.9. The second-order valence-electron chi connectivity index (χ2n) is 7.37. The molecule has 8 heteroatoms. The van der Waals surface area contributed by atoms with Crippen LogP contribution < -0.4 is 20.7 Å². The maximum Gasteiger partial charge on any atom is 0.261 e. The first kappa shape index (κ1) is 23.2. The fourth-order valence-corrected chi connectivity index (χ4v) is 4.09. The molecular weight excluding hydrogens is 478 g/mol. The fraction of sp³-hybridized carbons (Fsp3) is 0.348. The summed E-state index contributed by atoms with van der Waals surface area (Å²) in [6, 6.07) is 12.5. The molecule has 0 saturated heterocycles. The van der Waals surface area contributed by atoms with E-state index in [1.54, 1.807) is 36.4 Å². The smallest absolute Gasteiger partial charge is 0.261 e. The molecule has 0 bridgehead atoms. The zero-order valence-electron chi connectivity index (χ0n) is 17.4. The summed E-state index contributed by atoms with van der Waals surface area (Å²) in [6.07, 6.45) is 5.67. The van der Waals surface area contributed by atoms with Crippen molar-refractivity contribution in [2.75, 3.05) is 11.9 Å². The standard InChI is InChI=1S/C23H26BrN3O3S/c1-2-30-20-13-10-16(24)14-19(20)22(29)27-23(31)26-18-11-8-15(9-12-18)21(28)25-17-6-4-3-5-7-17/h8-14,17H,2-7H2,1H3,(H,25,28)(H2,26,27,29,31). The van der Waals surface area contributed by atoms with Crippen LogP contribution in [0.15, 0.2) is 46.9 Å². The van der Waals surface area contributed by atoms with Gasteiger partial charge in [0.2, 0.25) is 0 Å². The number of hydrogen-bond donors (Lipinski definition) is 3. The Labute approximate surface area is 196 Å². The van der Waals surface area contributed by atoms with Gasteiger partial charge in [-0.1, -0.05) is 35.2 Å². The predicted octanol–water partition coefficient (Wildman–Crippen LogP) is 5.04. The molecule has 0 unspecified atom stereocenters. The number of carbonyl (C=O) groups excluding carboxylic acids is 2. The van der Waals surface area contributed by atoms with E-state index in [1.807, 2.05) is 13.0 Å². The van der Waals surface area contributed by atoms with Crippen molar-refractivity contribution in [3.8, 4) is 5.75 Å². The first-order valence-electron chi connectivity index (χ1n) is 10.4. The second-order valence-corrected chi connectivity index (χ2v) is 8.69. The van der Waals surface area contributed by atoms with Gasteiger partial charge >= 0.3 is 0 Å². The van der Waals surface area contributed by atoms with Gasteiger partial charge in [0.25, 0.3) is 11.8 Å². The number of thiocarbonyl (C=S) groups is 1. The Balaban J connectivity index is 1.56. The average molecular weight is 504 g/mol. The molecule has 2 aromatic rings. The van der Waals surface area contributed by atoms with E-state index in [0.717, 1.165) is 17.3 Å². The highest BCUT2D eigenvalue weighted by molar-refractivity contribution is 9.10. The molecule has 0 aromatic heterocycles. The summed E-state index contributed by atoms with van der Waals surface area (Å²) in [6.45, 7) is 2.31. The van der Waals surface area contributed by atoms with E-state index in [-0.39, 0.29) is 23.0 Å². The number of benzene rings is 2. The summed E-state index contributed by atoms with van der Waals surface area (Å²) in [5.74, 6) is 0.0532. The van der Waals surface area contributed by atoms with Crippen LogP contribution in [0.5, 0.6) is 5.75 Å². The van der Waals surface area contributed by atoms with E-state index >= 15 is 0 Å². The summed E-state index contributed by atoms with van der Waals surface area (Å²) < 4.78 is 6.29. The van der Waals surface area contributed by atoms with Crippen LogP contribution in [0.25, 0.3) is 0 Å². The quantitative estimate of drug-likeness (QED) is 0.481. The zero-order chi connectivity index (χ0) is 22.2. The van der Waals surface area contributed by atoms with Crippen molar-refractivity contribution in [2.45, 2.75) is 45.1 Å². The third-order valence-corrected chi connectivity index (χ3v) is 5.76. The lowest BCUT2D eigenvalue weighted by Crippen LogP contribution is -2.36. The number of halogens is 1. The van der Waals surface area contributed by atoms with Gasteiger partial charge in [0.05, 0.1) is 12.2 Å². The number of hydrogen-bond acceptors (Lipinski definition) is 4. The summed E-state index contributed by atoms with van der Waals surface area (Å²) in [5, 5.41) is 8.90. The molecule has 1 aliphatic carbocycles. The molecule has 1 saturated carbocycles. The third-order valence-electron chi connectivity index (χ3n) is 5.06. The maximum absolute atomic E-state index is 12.6. The molecule has 0 heterocycles. The first-order valence-corrected chi connectivity index (χ1v) is 11.6. The van der Waals surface area contributed by atoms with Gasteiger partial charge in [0.15, 0.2) is 5.11 Å². The molecule has 1 fully saturated rings. The summed E-state index contributed by atoms with van der Waals surface area (Å²) in [5.41, 5.74) is 1.66. The van der Waals surface area contributed by atoms with Gasteiger partial charge in [-0.15, -0.1) is 0 Å². The van der Waals surface area contributed by atoms with Gasteiger partial charge in [0, 0.05) is 21.8 Å². The highest BCUT2D eigenvalue weighted by Gasteiger charge is 2.17. The van der Waals surface area contributed by atoms with E-state index < -0.39 is 0 Å². The molecule has 6 nitrogen and oxygen atoms in total. The molecule has 0 atom stereocenters. The Kier molecular flexibility index (Phi) is 8.43. The second kappa shape index (κ2) is 11.2. The number of anilines is 1. The van der Waals surface area contributed by atoms with Gasteiger partial charge in [-0.25, -0.2) is 0 Å². The van der Waals surface area contributed by atoms with E-state index in [4.69, 9.17) is 17.0 Å². The Hall–Kier alpha value is -2.45. The molecule has 31 heavy (non-hydrogen) atoms. The van der Waals surface area contributed by atoms with Gasteiger partial charge in [-0.2, -0.15) is 0 Å². The molecule has 3 rings (SSSR count). The lowest BCUT2D eigenvalue weighted by molar-refractivity contribution is 0.0926. The van der Waals surface area contributed by atoms with Crippen LogP contribution >= 0.6 is 28.1 Å². The molecule has 0 radical (unpaired) electrons. The first-order chi connectivity index (χ1) is 15.0.